The average Bonchev–Trinajstić information content (AvgIpc) is 2.44. The van der Waals surface area contributed by atoms with Crippen LogP contribution in [0, 0.1) is 0 Å². The monoisotopic (exact) mass is 269 g/mol. The van der Waals surface area contributed by atoms with Crippen molar-refractivity contribution in [3.8, 4) is 5.75 Å². The van der Waals surface area contributed by atoms with Gasteiger partial charge in [-0.05, 0) is 55.5 Å². The summed E-state index contributed by atoms with van der Waals surface area (Å²) in [6.45, 7) is 2.59. The van der Waals surface area contributed by atoms with E-state index >= 15 is 0 Å². The van der Waals surface area contributed by atoms with Gasteiger partial charge in [0.25, 0.3) is 6.43 Å². The second-order valence-electron chi connectivity index (χ2n) is 5.08. The molecule has 0 spiro atoms. The number of hydrogen-bond donors (Lipinski definition) is 1. The van der Waals surface area contributed by atoms with Crippen LogP contribution in [-0.2, 0) is 12.0 Å². The Balaban J connectivity index is 2.46. The van der Waals surface area contributed by atoms with Crippen LogP contribution in [0.25, 0.3) is 0 Å². The molecule has 4 heteroatoms. The van der Waals surface area contributed by atoms with Gasteiger partial charge in [0.2, 0.25) is 0 Å². The van der Waals surface area contributed by atoms with E-state index in [2.05, 4.69) is 5.32 Å². The van der Waals surface area contributed by atoms with E-state index in [-0.39, 0.29) is 0 Å². The number of rotatable bonds is 5. The third-order valence-corrected chi connectivity index (χ3v) is 3.88. The Kier molecular flexibility index (Phi) is 4.40. The molecule has 0 bridgehead atoms. The van der Waals surface area contributed by atoms with E-state index in [9.17, 15) is 8.78 Å². The van der Waals surface area contributed by atoms with Crippen molar-refractivity contribution >= 4 is 0 Å². The Morgan fingerprint density at radius 2 is 2.21 bits per heavy atom. The van der Waals surface area contributed by atoms with Crippen LogP contribution in [0.3, 0.4) is 0 Å². The molecule has 1 aliphatic carbocycles. The molecule has 0 fully saturated rings. The predicted octanol–water partition coefficient (Wildman–Crippen LogP) is 3.49. The van der Waals surface area contributed by atoms with Crippen LogP contribution in [0.1, 0.15) is 37.3 Å². The van der Waals surface area contributed by atoms with Crippen molar-refractivity contribution in [3.63, 3.8) is 0 Å². The summed E-state index contributed by atoms with van der Waals surface area (Å²) < 4.78 is 32.6. The maximum Gasteiger partial charge on any atom is 0.260 e. The van der Waals surface area contributed by atoms with Crippen LogP contribution in [-0.4, -0.2) is 20.1 Å². The van der Waals surface area contributed by atoms with Crippen LogP contribution < -0.4 is 10.1 Å². The number of ether oxygens (including phenoxy) is 1. The summed E-state index contributed by atoms with van der Waals surface area (Å²) in [6, 6.07) is 5.53. The standard InChI is InChI=1S/C15H21F2NO/c1-3-9-18-15(14(16)17)8-4-5-11-6-7-12(19-2)10-13(11)15/h6-7,10,14,18H,3-5,8-9H2,1-2H3. The lowest BCUT2D eigenvalue weighted by Crippen LogP contribution is -2.50. The molecule has 1 aliphatic rings. The average molecular weight is 269 g/mol. The number of alkyl halides is 2. The largest absolute Gasteiger partial charge is 0.497 e. The lowest BCUT2D eigenvalue weighted by molar-refractivity contribution is 0.0161. The van der Waals surface area contributed by atoms with Crippen LogP contribution >= 0.6 is 0 Å². The highest BCUT2D eigenvalue weighted by Gasteiger charge is 2.44. The zero-order valence-electron chi connectivity index (χ0n) is 11.5. The molecule has 0 radical (unpaired) electrons. The molecule has 106 valence electrons. The van der Waals surface area contributed by atoms with Gasteiger partial charge in [0.05, 0.1) is 7.11 Å². The Bertz CT molecular complexity index is 436. The van der Waals surface area contributed by atoms with E-state index in [4.69, 9.17) is 4.74 Å². The summed E-state index contributed by atoms with van der Waals surface area (Å²) in [7, 11) is 1.56. The van der Waals surface area contributed by atoms with E-state index in [1.54, 1.807) is 13.2 Å². The Labute approximate surface area is 113 Å². The topological polar surface area (TPSA) is 21.3 Å². The molecule has 0 aliphatic heterocycles. The van der Waals surface area contributed by atoms with E-state index in [1.807, 2.05) is 19.1 Å². The molecule has 0 saturated carbocycles. The molecule has 1 aromatic rings. The SMILES string of the molecule is CCCNC1(C(F)F)CCCc2ccc(OC)cc21. The Morgan fingerprint density at radius 1 is 1.42 bits per heavy atom. The molecular weight excluding hydrogens is 248 g/mol. The van der Waals surface area contributed by atoms with Gasteiger partial charge in [-0.25, -0.2) is 8.78 Å². The van der Waals surface area contributed by atoms with Crippen molar-refractivity contribution in [1.29, 1.82) is 0 Å². The third-order valence-electron chi connectivity index (χ3n) is 3.88. The lowest BCUT2D eigenvalue weighted by atomic mass is 9.76. The van der Waals surface area contributed by atoms with E-state index < -0.39 is 12.0 Å². The number of halogens is 2. The molecule has 19 heavy (non-hydrogen) atoms. The van der Waals surface area contributed by atoms with Gasteiger partial charge in [0, 0.05) is 0 Å². The molecular formula is C15H21F2NO. The van der Waals surface area contributed by atoms with Crippen molar-refractivity contribution in [2.75, 3.05) is 13.7 Å². The van der Waals surface area contributed by atoms with Crippen LogP contribution in [0.15, 0.2) is 18.2 Å². The second-order valence-corrected chi connectivity index (χ2v) is 5.08. The minimum absolute atomic E-state index is 0.477. The van der Waals surface area contributed by atoms with Gasteiger partial charge in [0.1, 0.15) is 11.3 Å². The fraction of sp³-hybridized carbons (Fsp3) is 0.600. The van der Waals surface area contributed by atoms with Crippen molar-refractivity contribution in [2.24, 2.45) is 0 Å². The third kappa shape index (κ3) is 2.59. The summed E-state index contributed by atoms with van der Waals surface area (Å²) in [5.41, 5.74) is 0.510. The highest BCUT2D eigenvalue weighted by atomic mass is 19.3. The van der Waals surface area contributed by atoms with Gasteiger partial charge in [-0.1, -0.05) is 13.0 Å². The minimum atomic E-state index is -2.41. The molecule has 1 unspecified atom stereocenters. The first-order chi connectivity index (χ1) is 9.14. The van der Waals surface area contributed by atoms with Crippen LogP contribution in [0.5, 0.6) is 5.75 Å². The highest BCUT2D eigenvalue weighted by molar-refractivity contribution is 5.42. The smallest absolute Gasteiger partial charge is 0.260 e. The summed E-state index contributed by atoms with van der Waals surface area (Å²) in [5.74, 6) is 0.643. The van der Waals surface area contributed by atoms with Crippen molar-refractivity contribution in [3.05, 3.63) is 29.3 Å². The van der Waals surface area contributed by atoms with Gasteiger partial charge in [-0.15, -0.1) is 0 Å². The molecule has 0 aromatic heterocycles. The Hall–Kier alpha value is -1.16. The van der Waals surface area contributed by atoms with Crippen LogP contribution in [0.2, 0.25) is 0 Å². The molecule has 0 amide bonds. The number of hydrogen-bond acceptors (Lipinski definition) is 2. The summed E-state index contributed by atoms with van der Waals surface area (Å²) >= 11 is 0. The number of aryl methyl sites for hydroxylation is 1. The number of nitrogens with one attached hydrogen (secondary N) is 1. The normalized spacial score (nSPS) is 22.4. The molecule has 0 saturated heterocycles. The molecule has 2 nitrogen and oxygen atoms in total. The number of fused-ring (bicyclic) bond motifs is 1. The molecule has 0 heterocycles. The maximum atomic E-state index is 13.7. The fourth-order valence-corrected chi connectivity index (χ4v) is 2.84. The summed E-state index contributed by atoms with van der Waals surface area (Å²) in [4.78, 5) is 0. The molecule has 1 atom stereocenters. The van der Waals surface area contributed by atoms with Crippen molar-refractivity contribution in [1.82, 2.24) is 5.32 Å². The van der Waals surface area contributed by atoms with Gasteiger partial charge in [-0.2, -0.15) is 0 Å². The molecule has 2 rings (SSSR count). The number of methoxy groups -OCH3 is 1. The van der Waals surface area contributed by atoms with E-state index in [0.29, 0.717) is 24.3 Å². The maximum absolute atomic E-state index is 13.7. The van der Waals surface area contributed by atoms with E-state index in [1.165, 1.54) is 0 Å². The zero-order chi connectivity index (χ0) is 13.9. The zero-order valence-corrected chi connectivity index (χ0v) is 11.5. The van der Waals surface area contributed by atoms with Gasteiger partial charge >= 0.3 is 0 Å². The minimum Gasteiger partial charge on any atom is -0.497 e. The number of benzene rings is 1. The first kappa shape index (κ1) is 14.3. The second kappa shape index (κ2) is 5.87. The van der Waals surface area contributed by atoms with Crippen molar-refractivity contribution < 1.29 is 13.5 Å². The first-order valence-electron chi connectivity index (χ1n) is 6.84. The van der Waals surface area contributed by atoms with Gasteiger partial charge in [-0.3, -0.25) is 0 Å². The summed E-state index contributed by atoms with van der Waals surface area (Å²) in [6.07, 6.45) is 0.561. The first-order valence-corrected chi connectivity index (χ1v) is 6.84. The van der Waals surface area contributed by atoms with Crippen molar-refractivity contribution in [2.45, 2.75) is 44.6 Å². The highest BCUT2D eigenvalue weighted by Crippen LogP contribution is 2.41. The Morgan fingerprint density at radius 3 is 2.84 bits per heavy atom. The lowest BCUT2D eigenvalue weighted by Gasteiger charge is -2.39. The quantitative estimate of drug-likeness (QED) is 0.883. The fourth-order valence-electron chi connectivity index (χ4n) is 2.84. The van der Waals surface area contributed by atoms with Crippen LogP contribution in [0.4, 0.5) is 8.78 Å². The molecule has 1 N–H and O–H groups in total. The summed E-state index contributed by atoms with van der Waals surface area (Å²) in [5, 5.41) is 3.09. The predicted molar refractivity (Wildman–Crippen MR) is 71.9 cm³/mol. The molecule has 1 aromatic carbocycles. The van der Waals surface area contributed by atoms with Gasteiger partial charge < -0.3 is 10.1 Å². The van der Waals surface area contributed by atoms with Gasteiger partial charge in [0.15, 0.2) is 0 Å². The van der Waals surface area contributed by atoms with E-state index in [0.717, 1.165) is 24.8 Å².